The Balaban J connectivity index is 1.60. The molecule has 0 spiro atoms. The first-order chi connectivity index (χ1) is 10.6. The predicted molar refractivity (Wildman–Crippen MR) is 78.7 cm³/mol. The average molecular weight is 328 g/mol. The monoisotopic (exact) mass is 328 g/mol. The minimum Gasteiger partial charge on any atom is -0.472 e. The Labute approximate surface area is 130 Å². The number of nitrogens with zero attached hydrogens (tertiary/aromatic N) is 4. The quantitative estimate of drug-likeness (QED) is 0.762. The lowest BCUT2D eigenvalue weighted by Gasteiger charge is -2.29. The molecular weight excluding hydrogens is 308 g/mol. The Kier molecular flexibility index (Phi) is 4.57. The molecular formula is C13H20N4O4S. The van der Waals surface area contributed by atoms with E-state index in [1.165, 1.54) is 8.61 Å². The fourth-order valence-corrected chi connectivity index (χ4v) is 4.19. The van der Waals surface area contributed by atoms with Crippen molar-refractivity contribution in [2.24, 2.45) is 0 Å². The maximum Gasteiger partial charge on any atom is 0.282 e. The van der Waals surface area contributed by atoms with Crippen LogP contribution < -0.4 is 4.74 Å². The van der Waals surface area contributed by atoms with Crippen molar-refractivity contribution in [2.75, 3.05) is 39.4 Å². The second-order valence-corrected chi connectivity index (χ2v) is 7.35. The van der Waals surface area contributed by atoms with E-state index in [-0.39, 0.29) is 6.10 Å². The molecule has 0 aliphatic carbocycles. The smallest absolute Gasteiger partial charge is 0.282 e. The van der Waals surface area contributed by atoms with Gasteiger partial charge in [-0.3, -0.25) is 0 Å². The van der Waals surface area contributed by atoms with Crippen molar-refractivity contribution in [1.82, 2.24) is 18.8 Å². The molecule has 0 bridgehead atoms. The minimum absolute atomic E-state index is 0.187. The molecule has 3 heterocycles. The lowest BCUT2D eigenvalue weighted by Crippen LogP contribution is -2.48. The third-order valence-electron chi connectivity index (χ3n) is 3.79. The minimum atomic E-state index is -3.42. The average Bonchev–Trinajstić information content (AvgIpc) is 3.00. The third-order valence-corrected chi connectivity index (χ3v) is 5.79. The van der Waals surface area contributed by atoms with E-state index >= 15 is 0 Å². The first-order valence-corrected chi connectivity index (χ1v) is 8.75. The first kappa shape index (κ1) is 15.6. The van der Waals surface area contributed by atoms with E-state index in [9.17, 15) is 8.42 Å². The maximum absolute atomic E-state index is 12.5. The fourth-order valence-electron chi connectivity index (χ4n) is 2.56. The molecule has 0 N–H and O–H groups in total. The molecule has 1 atom stereocenters. The Morgan fingerprint density at radius 2 is 1.95 bits per heavy atom. The van der Waals surface area contributed by atoms with Crippen LogP contribution in [0.4, 0.5) is 0 Å². The topological polar surface area (TPSA) is 84.9 Å². The lowest BCUT2D eigenvalue weighted by molar-refractivity contribution is 0.0703. The SMILES string of the molecule is Cc1ccc(OC2CCN(S(=O)(=O)N3CCOCC3)C2)nn1. The zero-order valence-electron chi connectivity index (χ0n) is 12.5. The van der Waals surface area contributed by atoms with E-state index in [1.807, 2.05) is 13.0 Å². The summed E-state index contributed by atoms with van der Waals surface area (Å²) in [5.41, 5.74) is 0.815. The van der Waals surface area contributed by atoms with Gasteiger partial charge in [-0.1, -0.05) is 0 Å². The number of rotatable bonds is 4. The van der Waals surface area contributed by atoms with Crippen molar-refractivity contribution in [3.63, 3.8) is 0 Å². The molecule has 22 heavy (non-hydrogen) atoms. The van der Waals surface area contributed by atoms with E-state index < -0.39 is 10.2 Å². The Hall–Kier alpha value is -1.29. The molecule has 2 fully saturated rings. The van der Waals surface area contributed by atoms with Crippen LogP contribution in [0.5, 0.6) is 5.88 Å². The van der Waals surface area contributed by atoms with Crippen LogP contribution in [0.2, 0.25) is 0 Å². The molecule has 9 heteroatoms. The summed E-state index contributed by atoms with van der Waals surface area (Å²) in [4.78, 5) is 0. The van der Waals surface area contributed by atoms with E-state index in [1.54, 1.807) is 6.07 Å². The van der Waals surface area contributed by atoms with E-state index in [0.717, 1.165) is 5.69 Å². The van der Waals surface area contributed by atoms with Crippen LogP contribution in [-0.4, -0.2) is 72.7 Å². The summed E-state index contributed by atoms with van der Waals surface area (Å²) in [7, 11) is -3.42. The summed E-state index contributed by atoms with van der Waals surface area (Å²) in [6.07, 6.45) is 0.465. The molecule has 2 aliphatic heterocycles. The number of ether oxygens (including phenoxy) is 2. The van der Waals surface area contributed by atoms with Crippen LogP contribution in [0.1, 0.15) is 12.1 Å². The molecule has 2 saturated heterocycles. The van der Waals surface area contributed by atoms with Crippen LogP contribution in [0.25, 0.3) is 0 Å². The molecule has 1 aromatic heterocycles. The second kappa shape index (κ2) is 6.45. The van der Waals surface area contributed by atoms with Crippen molar-refractivity contribution in [3.05, 3.63) is 17.8 Å². The summed E-state index contributed by atoms with van der Waals surface area (Å²) in [6.45, 7) is 4.38. The number of aromatic nitrogens is 2. The summed E-state index contributed by atoms with van der Waals surface area (Å²) in [5.74, 6) is 0.432. The van der Waals surface area contributed by atoms with E-state index in [0.29, 0.717) is 51.7 Å². The fraction of sp³-hybridized carbons (Fsp3) is 0.692. The van der Waals surface area contributed by atoms with Crippen LogP contribution >= 0.6 is 0 Å². The Morgan fingerprint density at radius 3 is 2.64 bits per heavy atom. The Morgan fingerprint density at radius 1 is 1.18 bits per heavy atom. The van der Waals surface area contributed by atoms with Crippen LogP contribution in [0.15, 0.2) is 12.1 Å². The highest BCUT2D eigenvalue weighted by molar-refractivity contribution is 7.86. The highest BCUT2D eigenvalue weighted by Gasteiger charge is 2.37. The van der Waals surface area contributed by atoms with Gasteiger partial charge in [-0.05, 0) is 19.4 Å². The van der Waals surface area contributed by atoms with Crippen LogP contribution in [-0.2, 0) is 14.9 Å². The number of hydrogen-bond donors (Lipinski definition) is 0. The highest BCUT2D eigenvalue weighted by Crippen LogP contribution is 2.21. The van der Waals surface area contributed by atoms with Gasteiger partial charge in [-0.2, -0.15) is 22.1 Å². The van der Waals surface area contributed by atoms with Gasteiger partial charge in [0, 0.05) is 25.7 Å². The van der Waals surface area contributed by atoms with Crippen molar-refractivity contribution < 1.29 is 17.9 Å². The van der Waals surface area contributed by atoms with Gasteiger partial charge in [0.2, 0.25) is 5.88 Å². The standard InChI is InChI=1S/C13H20N4O4S/c1-11-2-3-13(15-14-11)21-12-4-5-17(10-12)22(18,19)16-6-8-20-9-7-16/h2-3,12H,4-10H2,1H3. The van der Waals surface area contributed by atoms with Gasteiger partial charge in [0.25, 0.3) is 10.2 Å². The number of hydrogen-bond acceptors (Lipinski definition) is 6. The third kappa shape index (κ3) is 3.37. The molecule has 0 aromatic carbocycles. The first-order valence-electron chi connectivity index (χ1n) is 7.35. The number of aryl methyl sites for hydroxylation is 1. The van der Waals surface area contributed by atoms with Crippen LogP contribution in [0.3, 0.4) is 0 Å². The van der Waals surface area contributed by atoms with Gasteiger partial charge >= 0.3 is 0 Å². The summed E-state index contributed by atoms with van der Waals surface area (Å²) >= 11 is 0. The number of morpholine rings is 1. The van der Waals surface area contributed by atoms with Gasteiger partial charge in [-0.25, -0.2) is 0 Å². The van der Waals surface area contributed by atoms with Gasteiger partial charge < -0.3 is 9.47 Å². The van der Waals surface area contributed by atoms with E-state index in [2.05, 4.69) is 10.2 Å². The summed E-state index contributed by atoms with van der Waals surface area (Å²) in [6, 6.07) is 3.57. The molecule has 1 aromatic rings. The van der Waals surface area contributed by atoms with Gasteiger partial charge in [0.15, 0.2) is 0 Å². The van der Waals surface area contributed by atoms with Crippen molar-refractivity contribution in [3.8, 4) is 5.88 Å². The summed E-state index contributed by atoms with van der Waals surface area (Å²) in [5, 5.41) is 7.89. The highest BCUT2D eigenvalue weighted by atomic mass is 32.2. The molecule has 122 valence electrons. The second-order valence-electron chi connectivity index (χ2n) is 5.42. The van der Waals surface area contributed by atoms with Crippen molar-refractivity contribution in [2.45, 2.75) is 19.4 Å². The zero-order chi connectivity index (χ0) is 15.6. The van der Waals surface area contributed by atoms with Crippen LogP contribution in [0, 0.1) is 6.92 Å². The largest absolute Gasteiger partial charge is 0.472 e. The van der Waals surface area contributed by atoms with Gasteiger partial charge in [-0.15, -0.1) is 5.10 Å². The maximum atomic E-state index is 12.5. The molecule has 3 rings (SSSR count). The molecule has 2 aliphatic rings. The zero-order valence-corrected chi connectivity index (χ0v) is 13.3. The van der Waals surface area contributed by atoms with Crippen molar-refractivity contribution >= 4 is 10.2 Å². The molecule has 0 radical (unpaired) electrons. The van der Waals surface area contributed by atoms with Gasteiger partial charge in [0.1, 0.15) is 6.10 Å². The lowest BCUT2D eigenvalue weighted by atomic mass is 10.3. The molecule has 1 unspecified atom stereocenters. The molecule has 0 saturated carbocycles. The molecule has 0 amide bonds. The predicted octanol–water partition coefficient (Wildman–Crippen LogP) is -0.185. The van der Waals surface area contributed by atoms with E-state index in [4.69, 9.17) is 9.47 Å². The van der Waals surface area contributed by atoms with Gasteiger partial charge in [0.05, 0.1) is 25.5 Å². The normalized spacial score (nSPS) is 24.5. The summed E-state index contributed by atoms with van der Waals surface area (Å²) < 4.78 is 39.0. The molecule has 8 nitrogen and oxygen atoms in total. The van der Waals surface area contributed by atoms with Crippen molar-refractivity contribution in [1.29, 1.82) is 0 Å². The Bertz CT molecular complexity index is 601.